The fourth-order valence-corrected chi connectivity index (χ4v) is 2.32. The van der Waals surface area contributed by atoms with E-state index < -0.39 is 0 Å². The van der Waals surface area contributed by atoms with Gasteiger partial charge in [0.25, 0.3) is 0 Å². The molecule has 1 N–H and O–H groups in total. The van der Waals surface area contributed by atoms with Gasteiger partial charge in [-0.2, -0.15) is 0 Å². The van der Waals surface area contributed by atoms with Gasteiger partial charge in [-0.25, -0.2) is 0 Å². The van der Waals surface area contributed by atoms with Crippen molar-refractivity contribution in [2.24, 2.45) is 0 Å². The summed E-state index contributed by atoms with van der Waals surface area (Å²) in [5.41, 5.74) is 1.46. The molecule has 0 aliphatic carbocycles. The van der Waals surface area contributed by atoms with Crippen LogP contribution in [0, 0.1) is 0 Å². The quantitative estimate of drug-likeness (QED) is 0.943. The van der Waals surface area contributed by atoms with E-state index in [1.54, 1.807) is 12.1 Å². The lowest BCUT2D eigenvalue weighted by Crippen LogP contribution is -1.97. The van der Waals surface area contributed by atoms with Crippen molar-refractivity contribution in [3.05, 3.63) is 29.0 Å². The zero-order valence-electron chi connectivity index (χ0n) is 10.8. The first-order chi connectivity index (χ1) is 9.78. The number of rotatable bonds is 3. The number of fused-ring (bicyclic) bond motifs is 1. The second kappa shape index (κ2) is 5.73. The Kier molecular flexibility index (Phi) is 3.80. The maximum atomic E-state index is 8.89. The summed E-state index contributed by atoms with van der Waals surface area (Å²) in [7, 11) is 0. The molecule has 1 aromatic carbocycles. The largest absolute Gasteiger partial charge is 0.489 e. The standard InChI is InChI=1S/C14H14ClNO4/c15-11-6-9(12-8-10(2-3-17)20-16-12)7-13-14(11)19-5-1-4-18-13/h6-8,17H,1-5H2. The highest BCUT2D eigenvalue weighted by Gasteiger charge is 2.17. The Labute approximate surface area is 121 Å². The van der Waals surface area contributed by atoms with Crippen LogP contribution in [0.25, 0.3) is 11.3 Å². The summed E-state index contributed by atoms with van der Waals surface area (Å²) in [6, 6.07) is 5.40. The van der Waals surface area contributed by atoms with E-state index in [9.17, 15) is 0 Å². The van der Waals surface area contributed by atoms with Gasteiger partial charge in [-0.15, -0.1) is 0 Å². The highest BCUT2D eigenvalue weighted by Crippen LogP contribution is 2.40. The van der Waals surface area contributed by atoms with Crippen LogP contribution in [0.3, 0.4) is 0 Å². The fourth-order valence-electron chi connectivity index (χ4n) is 2.06. The maximum Gasteiger partial charge on any atom is 0.179 e. The molecular weight excluding hydrogens is 282 g/mol. The first-order valence-corrected chi connectivity index (χ1v) is 6.81. The van der Waals surface area contributed by atoms with Gasteiger partial charge >= 0.3 is 0 Å². The number of halogens is 1. The lowest BCUT2D eigenvalue weighted by molar-refractivity contribution is 0.277. The highest BCUT2D eigenvalue weighted by molar-refractivity contribution is 6.32. The predicted octanol–water partition coefficient (Wildman–Crippen LogP) is 2.69. The highest BCUT2D eigenvalue weighted by atomic mass is 35.5. The lowest BCUT2D eigenvalue weighted by Gasteiger charge is -2.10. The van der Waals surface area contributed by atoms with Crippen molar-refractivity contribution >= 4 is 11.6 Å². The number of nitrogens with zero attached hydrogens (tertiary/aromatic N) is 1. The van der Waals surface area contributed by atoms with Gasteiger partial charge < -0.3 is 19.1 Å². The Bertz CT molecular complexity index is 611. The zero-order valence-corrected chi connectivity index (χ0v) is 11.5. The van der Waals surface area contributed by atoms with E-state index in [-0.39, 0.29) is 6.61 Å². The number of hydrogen-bond donors (Lipinski definition) is 1. The van der Waals surface area contributed by atoms with Crippen LogP contribution in [0.15, 0.2) is 22.7 Å². The molecule has 0 unspecified atom stereocenters. The van der Waals surface area contributed by atoms with Crippen LogP contribution in [0.2, 0.25) is 5.02 Å². The van der Waals surface area contributed by atoms with Gasteiger partial charge in [0.1, 0.15) is 11.5 Å². The monoisotopic (exact) mass is 295 g/mol. The van der Waals surface area contributed by atoms with E-state index in [4.69, 9.17) is 30.7 Å². The number of aliphatic hydroxyl groups excluding tert-OH is 1. The van der Waals surface area contributed by atoms with Gasteiger partial charge in [-0.05, 0) is 12.1 Å². The van der Waals surface area contributed by atoms with E-state index in [1.807, 2.05) is 6.07 Å². The van der Waals surface area contributed by atoms with Gasteiger partial charge in [-0.1, -0.05) is 16.8 Å². The summed E-state index contributed by atoms with van der Waals surface area (Å²) >= 11 is 6.23. The van der Waals surface area contributed by atoms with Gasteiger partial charge in [0, 0.05) is 24.5 Å². The van der Waals surface area contributed by atoms with E-state index in [0.717, 1.165) is 12.0 Å². The minimum Gasteiger partial charge on any atom is -0.489 e. The number of benzene rings is 1. The van der Waals surface area contributed by atoms with Crippen molar-refractivity contribution in [3.8, 4) is 22.8 Å². The molecule has 0 atom stereocenters. The normalized spacial score (nSPS) is 14.1. The average Bonchev–Trinajstić information content (AvgIpc) is 2.76. The molecule has 106 valence electrons. The second-order valence-corrected chi connectivity index (χ2v) is 4.90. The summed E-state index contributed by atoms with van der Waals surface area (Å²) in [5.74, 6) is 1.83. The van der Waals surface area contributed by atoms with Gasteiger partial charge in [0.05, 0.1) is 24.8 Å². The molecule has 0 saturated heterocycles. The Hall–Kier alpha value is -1.72. The molecule has 5 nitrogen and oxygen atoms in total. The first kappa shape index (κ1) is 13.3. The molecule has 1 aliphatic heterocycles. The molecule has 6 heteroatoms. The van der Waals surface area contributed by atoms with E-state index >= 15 is 0 Å². The molecular formula is C14H14ClNO4. The van der Waals surface area contributed by atoms with Crippen molar-refractivity contribution in [1.82, 2.24) is 5.16 Å². The molecule has 2 heterocycles. The molecule has 0 amide bonds. The van der Waals surface area contributed by atoms with Gasteiger partial charge in [-0.3, -0.25) is 0 Å². The molecule has 0 spiro atoms. The molecule has 0 radical (unpaired) electrons. The molecule has 20 heavy (non-hydrogen) atoms. The third-order valence-corrected chi connectivity index (χ3v) is 3.30. The van der Waals surface area contributed by atoms with Crippen LogP contribution in [-0.4, -0.2) is 30.1 Å². The zero-order chi connectivity index (χ0) is 13.9. The Balaban J connectivity index is 1.97. The van der Waals surface area contributed by atoms with Crippen LogP contribution in [0.5, 0.6) is 11.5 Å². The Morgan fingerprint density at radius 1 is 1.20 bits per heavy atom. The van der Waals surface area contributed by atoms with E-state index in [0.29, 0.717) is 47.6 Å². The van der Waals surface area contributed by atoms with E-state index in [1.165, 1.54) is 0 Å². The number of aromatic nitrogens is 1. The minimum atomic E-state index is 0.0243. The Morgan fingerprint density at radius 2 is 2.05 bits per heavy atom. The van der Waals surface area contributed by atoms with Crippen LogP contribution >= 0.6 is 11.6 Å². The average molecular weight is 296 g/mol. The van der Waals surface area contributed by atoms with Crippen LogP contribution in [-0.2, 0) is 6.42 Å². The van der Waals surface area contributed by atoms with Crippen molar-refractivity contribution in [3.63, 3.8) is 0 Å². The molecule has 0 bridgehead atoms. The summed E-state index contributed by atoms with van der Waals surface area (Å²) in [6.45, 7) is 1.22. The van der Waals surface area contributed by atoms with Crippen LogP contribution in [0.1, 0.15) is 12.2 Å². The molecule has 2 aromatic rings. The molecule has 1 aliphatic rings. The summed E-state index contributed by atoms with van der Waals surface area (Å²) in [4.78, 5) is 0. The molecule has 3 rings (SSSR count). The maximum absolute atomic E-state index is 8.89. The smallest absolute Gasteiger partial charge is 0.179 e. The van der Waals surface area contributed by atoms with Crippen LogP contribution < -0.4 is 9.47 Å². The second-order valence-electron chi connectivity index (χ2n) is 4.49. The molecule has 1 aromatic heterocycles. The van der Waals surface area contributed by atoms with Crippen LogP contribution in [0.4, 0.5) is 0 Å². The molecule has 0 saturated carbocycles. The SMILES string of the molecule is OCCc1cc(-c2cc(Cl)c3c(c2)OCCCO3)no1. The van der Waals surface area contributed by atoms with Crippen molar-refractivity contribution in [2.75, 3.05) is 19.8 Å². The fraction of sp³-hybridized carbons (Fsp3) is 0.357. The number of aliphatic hydroxyl groups is 1. The topological polar surface area (TPSA) is 64.7 Å². The Morgan fingerprint density at radius 3 is 2.90 bits per heavy atom. The molecule has 0 fully saturated rings. The predicted molar refractivity (Wildman–Crippen MR) is 73.3 cm³/mol. The summed E-state index contributed by atoms with van der Waals surface area (Å²) in [6.07, 6.45) is 1.26. The van der Waals surface area contributed by atoms with Crippen molar-refractivity contribution < 1.29 is 19.1 Å². The number of hydrogen-bond acceptors (Lipinski definition) is 5. The summed E-state index contributed by atoms with van der Waals surface area (Å²) in [5, 5.41) is 13.4. The van der Waals surface area contributed by atoms with Gasteiger partial charge in [0.15, 0.2) is 11.5 Å². The van der Waals surface area contributed by atoms with E-state index in [2.05, 4.69) is 5.16 Å². The van der Waals surface area contributed by atoms with Crippen molar-refractivity contribution in [1.29, 1.82) is 0 Å². The number of ether oxygens (including phenoxy) is 2. The summed E-state index contributed by atoms with van der Waals surface area (Å²) < 4.78 is 16.4. The lowest BCUT2D eigenvalue weighted by atomic mass is 10.1. The first-order valence-electron chi connectivity index (χ1n) is 6.44. The van der Waals surface area contributed by atoms with Gasteiger partial charge in [0.2, 0.25) is 0 Å². The van der Waals surface area contributed by atoms with Crippen molar-refractivity contribution in [2.45, 2.75) is 12.8 Å². The minimum absolute atomic E-state index is 0.0243. The third-order valence-electron chi connectivity index (χ3n) is 3.02. The third kappa shape index (κ3) is 2.59.